The Balaban J connectivity index is 2.37. The van der Waals surface area contributed by atoms with Gasteiger partial charge in [-0.05, 0) is 11.6 Å². The normalized spacial score (nSPS) is 10.1. The number of carbonyl (C=O) groups excluding carboxylic acids is 1. The van der Waals surface area contributed by atoms with Crippen molar-refractivity contribution >= 4 is 34.9 Å². The molecule has 2 rings (SSSR count). The van der Waals surface area contributed by atoms with Gasteiger partial charge in [0.1, 0.15) is 0 Å². The van der Waals surface area contributed by atoms with Crippen LogP contribution in [0.4, 0.5) is 5.69 Å². The van der Waals surface area contributed by atoms with E-state index in [1.807, 2.05) is 30.3 Å². The fourth-order valence-corrected chi connectivity index (χ4v) is 2.84. The lowest BCUT2D eigenvalue weighted by molar-refractivity contribution is -0.147. The van der Waals surface area contributed by atoms with Crippen LogP contribution < -0.4 is 5.32 Å². The Morgan fingerprint density at radius 2 is 1.76 bits per heavy atom. The van der Waals surface area contributed by atoms with Gasteiger partial charge in [0, 0.05) is 9.75 Å². The van der Waals surface area contributed by atoms with Gasteiger partial charge in [0.2, 0.25) is 0 Å². The molecule has 0 radical (unpaired) electrons. The van der Waals surface area contributed by atoms with Gasteiger partial charge >= 0.3 is 17.8 Å². The summed E-state index contributed by atoms with van der Waals surface area (Å²) in [7, 11) is 0. The number of carboxylic acid groups (broad SMARTS) is 2. The van der Waals surface area contributed by atoms with Crippen molar-refractivity contribution in [2.75, 3.05) is 5.32 Å². The van der Waals surface area contributed by atoms with Crippen molar-refractivity contribution in [2.45, 2.75) is 6.42 Å². The minimum Gasteiger partial charge on any atom is -0.481 e. The number of amides is 1. The predicted octanol–water partition coefficient (Wildman–Crippen LogP) is 2.07. The number of thiophene rings is 1. The SMILES string of the molecule is O=C(O)Cc1sc(-c2ccccc2)cc1NC(=O)C(=O)O. The lowest BCUT2D eigenvalue weighted by atomic mass is 10.2. The third kappa shape index (κ3) is 3.67. The molecule has 3 N–H and O–H groups in total. The highest BCUT2D eigenvalue weighted by atomic mass is 32.1. The van der Waals surface area contributed by atoms with E-state index >= 15 is 0 Å². The van der Waals surface area contributed by atoms with E-state index in [1.165, 1.54) is 11.3 Å². The van der Waals surface area contributed by atoms with Gasteiger partial charge in [-0.1, -0.05) is 30.3 Å². The summed E-state index contributed by atoms with van der Waals surface area (Å²) in [6.45, 7) is 0. The van der Waals surface area contributed by atoms with Crippen LogP contribution >= 0.6 is 11.3 Å². The van der Waals surface area contributed by atoms with Gasteiger partial charge in [0.25, 0.3) is 0 Å². The summed E-state index contributed by atoms with van der Waals surface area (Å²) in [5.41, 5.74) is 1.08. The van der Waals surface area contributed by atoms with Crippen molar-refractivity contribution in [3.8, 4) is 10.4 Å². The molecule has 0 aliphatic carbocycles. The number of carbonyl (C=O) groups is 3. The average Bonchev–Trinajstić information content (AvgIpc) is 2.82. The van der Waals surface area contributed by atoms with Gasteiger partial charge in [0.15, 0.2) is 0 Å². The number of benzene rings is 1. The first kappa shape index (κ1) is 14.7. The maximum Gasteiger partial charge on any atom is 0.394 e. The zero-order valence-corrected chi connectivity index (χ0v) is 11.5. The van der Waals surface area contributed by atoms with Crippen LogP contribution in [0.25, 0.3) is 10.4 Å². The maximum atomic E-state index is 11.2. The molecule has 1 aromatic carbocycles. The van der Waals surface area contributed by atoms with E-state index in [-0.39, 0.29) is 12.1 Å². The van der Waals surface area contributed by atoms with Crippen LogP contribution in [0.15, 0.2) is 36.4 Å². The van der Waals surface area contributed by atoms with Crippen molar-refractivity contribution in [1.29, 1.82) is 0 Å². The first-order chi connectivity index (χ1) is 9.97. The van der Waals surface area contributed by atoms with Gasteiger partial charge in [-0.2, -0.15) is 0 Å². The highest BCUT2D eigenvalue weighted by molar-refractivity contribution is 7.16. The summed E-state index contributed by atoms with van der Waals surface area (Å²) in [6.07, 6.45) is -0.285. The van der Waals surface area contributed by atoms with Gasteiger partial charge < -0.3 is 15.5 Å². The Hall–Kier alpha value is -2.67. The second kappa shape index (κ2) is 6.19. The lowest BCUT2D eigenvalue weighted by Gasteiger charge is -2.01. The second-order valence-corrected chi connectivity index (χ2v) is 5.28. The molecule has 0 spiro atoms. The monoisotopic (exact) mass is 305 g/mol. The molecule has 6 nitrogen and oxygen atoms in total. The number of aliphatic carboxylic acids is 2. The van der Waals surface area contributed by atoms with Gasteiger partial charge in [-0.15, -0.1) is 11.3 Å². The smallest absolute Gasteiger partial charge is 0.394 e. The van der Waals surface area contributed by atoms with Crippen molar-refractivity contribution in [1.82, 2.24) is 0 Å². The number of hydrogen-bond acceptors (Lipinski definition) is 4. The largest absolute Gasteiger partial charge is 0.481 e. The third-order valence-electron chi connectivity index (χ3n) is 2.62. The fraction of sp³-hybridized carbons (Fsp3) is 0.0714. The molecule has 1 heterocycles. The average molecular weight is 305 g/mol. The van der Waals surface area contributed by atoms with Crippen LogP contribution in [0.3, 0.4) is 0 Å². The molecule has 1 amide bonds. The van der Waals surface area contributed by atoms with Crippen LogP contribution in [-0.2, 0) is 20.8 Å². The van der Waals surface area contributed by atoms with Crippen LogP contribution in [0, 0.1) is 0 Å². The summed E-state index contributed by atoms with van der Waals surface area (Å²) >= 11 is 1.21. The second-order valence-electron chi connectivity index (χ2n) is 4.14. The Morgan fingerprint density at radius 1 is 1.10 bits per heavy atom. The third-order valence-corrected chi connectivity index (χ3v) is 3.81. The molecule has 1 aromatic heterocycles. The number of hydrogen-bond donors (Lipinski definition) is 3. The molecule has 0 aliphatic heterocycles. The highest BCUT2D eigenvalue weighted by Gasteiger charge is 2.18. The predicted molar refractivity (Wildman–Crippen MR) is 77.4 cm³/mol. The summed E-state index contributed by atoms with van der Waals surface area (Å²) in [4.78, 5) is 33.9. The molecule has 7 heteroatoms. The summed E-state index contributed by atoms with van der Waals surface area (Å²) in [6, 6.07) is 10.8. The van der Waals surface area contributed by atoms with E-state index in [4.69, 9.17) is 10.2 Å². The fourth-order valence-electron chi connectivity index (χ4n) is 1.72. The van der Waals surface area contributed by atoms with E-state index in [1.54, 1.807) is 6.07 Å². The van der Waals surface area contributed by atoms with E-state index in [9.17, 15) is 14.4 Å². The molecule has 2 aromatic rings. The molecule has 0 fully saturated rings. The summed E-state index contributed by atoms with van der Waals surface area (Å²) in [5, 5.41) is 19.7. The van der Waals surface area contributed by atoms with E-state index in [0.717, 1.165) is 10.4 Å². The van der Waals surface area contributed by atoms with Gasteiger partial charge in [-0.3, -0.25) is 9.59 Å². The van der Waals surface area contributed by atoms with Gasteiger partial charge in [-0.25, -0.2) is 4.79 Å². The first-order valence-electron chi connectivity index (χ1n) is 5.91. The Bertz CT molecular complexity index is 693. The number of carboxylic acids is 2. The molecule has 0 saturated heterocycles. The van der Waals surface area contributed by atoms with Crippen LogP contribution in [0.2, 0.25) is 0 Å². The van der Waals surface area contributed by atoms with Crippen LogP contribution in [0.5, 0.6) is 0 Å². The number of anilines is 1. The Kier molecular flexibility index (Phi) is 4.34. The number of nitrogens with one attached hydrogen (secondary N) is 1. The maximum absolute atomic E-state index is 11.2. The van der Waals surface area contributed by atoms with E-state index < -0.39 is 17.8 Å². The Morgan fingerprint density at radius 3 is 2.33 bits per heavy atom. The zero-order chi connectivity index (χ0) is 15.4. The summed E-state index contributed by atoms with van der Waals surface area (Å²) in [5.74, 6) is -3.87. The van der Waals surface area contributed by atoms with Crippen molar-refractivity contribution in [3.05, 3.63) is 41.3 Å². The summed E-state index contributed by atoms with van der Waals surface area (Å²) < 4.78 is 0. The van der Waals surface area contributed by atoms with Crippen molar-refractivity contribution in [2.24, 2.45) is 0 Å². The van der Waals surface area contributed by atoms with E-state index in [2.05, 4.69) is 5.32 Å². The van der Waals surface area contributed by atoms with Crippen molar-refractivity contribution < 1.29 is 24.6 Å². The molecule has 0 bridgehead atoms. The lowest BCUT2D eigenvalue weighted by Crippen LogP contribution is -2.22. The molecule has 0 atom stereocenters. The molecular formula is C14H11NO5S. The molecule has 108 valence electrons. The standard InChI is InChI=1S/C14H11NO5S/c16-12(17)7-11-9(15-13(18)14(19)20)6-10(21-11)8-4-2-1-3-5-8/h1-6H,7H2,(H,15,18)(H,16,17)(H,19,20). The van der Waals surface area contributed by atoms with Crippen molar-refractivity contribution in [3.63, 3.8) is 0 Å². The van der Waals surface area contributed by atoms with Crippen LogP contribution in [-0.4, -0.2) is 28.1 Å². The van der Waals surface area contributed by atoms with E-state index in [0.29, 0.717) is 4.88 Å². The zero-order valence-electron chi connectivity index (χ0n) is 10.7. The van der Waals surface area contributed by atoms with Gasteiger partial charge in [0.05, 0.1) is 12.1 Å². The molecule has 0 saturated carbocycles. The Labute approximate surface area is 123 Å². The molecule has 0 unspecified atom stereocenters. The quantitative estimate of drug-likeness (QED) is 0.750. The highest BCUT2D eigenvalue weighted by Crippen LogP contribution is 2.35. The first-order valence-corrected chi connectivity index (χ1v) is 6.73. The number of rotatable bonds is 4. The minimum atomic E-state index is -1.62. The molecular weight excluding hydrogens is 294 g/mol. The molecule has 21 heavy (non-hydrogen) atoms. The molecule has 0 aliphatic rings. The topological polar surface area (TPSA) is 104 Å². The van der Waals surface area contributed by atoms with Crippen LogP contribution in [0.1, 0.15) is 4.88 Å². The minimum absolute atomic E-state index is 0.216.